The number of rotatable bonds is 7. The Labute approximate surface area is 173 Å². The van der Waals surface area contributed by atoms with Gasteiger partial charge < -0.3 is 9.64 Å². The highest BCUT2D eigenvalue weighted by Crippen LogP contribution is 2.27. The molecule has 0 aliphatic carbocycles. The minimum absolute atomic E-state index is 0.108. The van der Waals surface area contributed by atoms with E-state index in [0.29, 0.717) is 30.9 Å². The van der Waals surface area contributed by atoms with Crippen LogP contribution in [0.3, 0.4) is 0 Å². The van der Waals surface area contributed by atoms with E-state index in [-0.39, 0.29) is 17.3 Å². The number of likely N-dealkylation sites (tertiary alicyclic amines) is 1. The second-order valence-electron chi connectivity index (χ2n) is 7.13. The standard InChI is InChI=1S/C22H28N2O4S/c1-3-24(17-18-10-6-4-7-11-18)29(26,27)19-12-13-21(28-2)20(16-19)22(25)23-14-8-5-9-15-23/h4,6-7,10-13,16H,3,5,8-9,14-15,17H2,1-2H3. The highest BCUT2D eigenvalue weighted by molar-refractivity contribution is 7.89. The summed E-state index contributed by atoms with van der Waals surface area (Å²) in [5.74, 6) is 0.218. The first-order valence-electron chi connectivity index (χ1n) is 9.98. The van der Waals surface area contributed by atoms with Crippen LogP contribution < -0.4 is 4.74 Å². The van der Waals surface area contributed by atoms with E-state index in [1.165, 1.54) is 23.5 Å². The van der Waals surface area contributed by atoms with E-state index in [9.17, 15) is 13.2 Å². The molecule has 1 saturated heterocycles. The first kappa shape index (κ1) is 21.3. The molecule has 1 fully saturated rings. The lowest BCUT2D eigenvalue weighted by Gasteiger charge is -2.27. The zero-order valence-electron chi connectivity index (χ0n) is 17.0. The Balaban J connectivity index is 1.93. The molecule has 0 unspecified atom stereocenters. The third-order valence-electron chi connectivity index (χ3n) is 5.24. The van der Waals surface area contributed by atoms with Gasteiger partial charge in [-0.25, -0.2) is 8.42 Å². The number of amides is 1. The molecule has 3 rings (SSSR count). The Hall–Kier alpha value is -2.38. The summed E-state index contributed by atoms with van der Waals surface area (Å²) in [4.78, 5) is 14.9. The van der Waals surface area contributed by atoms with Crippen molar-refractivity contribution in [2.75, 3.05) is 26.7 Å². The summed E-state index contributed by atoms with van der Waals surface area (Å²) in [5.41, 5.74) is 1.21. The predicted octanol–water partition coefficient (Wildman–Crippen LogP) is 3.53. The van der Waals surface area contributed by atoms with Crippen LogP contribution in [0.2, 0.25) is 0 Å². The van der Waals surface area contributed by atoms with Gasteiger partial charge in [-0.2, -0.15) is 4.31 Å². The average molecular weight is 417 g/mol. The third kappa shape index (κ3) is 4.79. The molecule has 1 aliphatic heterocycles. The fourth-order valence-electron chi connectivity index (χ4n) is 3.58. The number of methoxy groups -OCH3 is 1. The normalized spacial score (nSPS) is 14.8. The molecule has 0 spiro atoms. The van der Waals surface area contributed by atoms with E-state index in [4.69, 9.17) is 4.74 Å². The lowest BCUT2D eigenvalue weighted by Crippen LogP contribution is -2.36. The van der Waals surface area contributed by atoms with Crippen LogP contribution in [-0.4, -0.2) is 50.3 Å². The van der Waals surface area contributed by atoms with Crippen molar-refractivity contribution in [2.45, 2.75) is 37.6 Å². The zero-order valence-corrected chi connectivity index (χ0v) is 17.8. The quantitative estimate of drug-likeness (QED) is 0.693. The lowest BCUT2D eigenvalue weighted by molar-refractivity contribution is 0.0720. The van der Waals surface area contributed by atoms with Gasteiger partial charge in [0, 0.05) is 26.2 Å². The fraction of sp³-hybridized carbons (Fsp3) is 0.409. The molecule has 2 aromatic rings. The Morgan fingerprint density at radius 2 is 1.76 bits per heavy atom. The maximum absolute atomic E-state index is 13.3. The summed E-state index contributed by atoms with van der Waals surface area (Å²) < 4.78 is 33.3. The number of piperidine rings is 1. The van der Waals surface area contributed by atoms with Crippen molar-refractivity contribution in [1.82, 2.24) is 9.21 Å². The van der Waals surface area contributed by atoms with Gasteiger partial charge in [-0.1, -0.05) is 37.3 Å². The Morgan fingerprint density at radius 3 is 2.38 bits per heavy atom. The van der Waals surface area contributed by atoms with Gasteiger partial charge in [0.1, 0.15) is 5.75 Å². The molecular weight excluding hydrogens is 388 g/mol. The summed E-state index contributed by atoms with van der Waals surface area (Å²) in [6.07, 6.45) is 3.04. The van der Waals surface area contributed by atoms with Crippen molar-refractivity contribution in [3.63, 3.8) is 0 Å². The van der Waals surface area contributed by atoms with E-state index in [1.807, 2.05) is 37.3 Å². The molecule has 0 saturated carbocycles. The fourth-order valence-corrected chi connectivity index (χ4v) is 5.05. The molecule has 1 amide bonds. The largest absolute Gasteiger partial charge is 0.496 e. The van der Waals surface area contributed by atoms with Crippen LogP contribution in [0.1, 0.15) is 42.1 Å². The summed E-state index contributed by atoms with van der Waals surface area (Å²) in [6.45, 7) is 3.80. The Morgan fingerprint density at radius 1 is 1.07 bits per heavy atom. The van der Waals surface area contributed by atoms with Gasteiger partial charge >= 0.3 is 0 Å². The number of carbonyl (C=O) groups is 1. The van der Waals surface area contributed by atoms with E-state index in [2.05, 4.69) is 0 Å². The average Bonchev–Trinajstić information content (AvgIpc) is 2.77. The molecule has 0 atom stereocenters. The molecule has 1 aliphatic rings. The first-order valence-corrected chi connectivity index (χ1v) is 11.4. The van der Waals surface area contributed by atoms with Crippen molar-refractivity contribution in [3.05, 3.63) is 59.7 Å². The van der Waals surface area contributed by atoms with Crippen molar-refractivity contribution < 1.29 is 17.9 Å². The first-order chi connectivity index (χ1) is 14.0. The Kier molecular flexibility index (Phi) is 6.92. The van der Waals surface area contributed by atoms with Crippen LogP contribution in [0.25, 0.3) is 0 Å². The van der Waals surface area contributed by atoms with E-state index in [0.717, 1.165) is 24.8 Å². The highest BCUT2D eigenvalue weighted by atomic mass is 32.2. The van der Waals surface area contributed by atoms with Crippen molar-refractivity contribution in [1.29, 1.82) is 0 Å². The monoisotopic (exact) mass is 416 g/mol. The number of hydrogen-bond acceptors (Lipinski definition) is 4. The molecule has 0 bridgehead atoms. The van der Waals surface area contributed by atoms with Crippen molar-refractivity contribution in [3.8, 4) is 5.75 Å². The van der Waals surface area contributed by atoms with Gasteiger partial charge in [-0.15, -0.1) is 0 Å². The maximum Gasteiger partial charge on any atom is 0.257 e. The molecule has 156 valence electrons. The van der Waals surface area contributed by atoms with E-state index in [1.54, 1.807) is 11.0 Å². The molecule has 29 heavy (non-hydrogen) atoms. The summed E-state index contributed by atoms with van der Waals surface area (Å²) in [7, 11) is -2.26. The minimum atomic E-state index is -3.75. The number of ether oxygens (including phenoxy) is 1. The van der Waals surface area contributed by atoms with Gasteiger partial charge in [-0.3, -0.25) is 4.79 Å². The molecule has 0 aromatic heterocycles. The molecule has 2 aromatic carbocycles. The van der Waals surface area contributed by atoms with Crippen LogP contribution in [0.4, 0.5) is 0 Å². The molecule has 7 heteroatoms. The second-order valence-corrected chi connectivity index (χ2v) is 9.07. The zero-order chi connectivity index (χ0) is 20.9. The van der Waals surface area contributed by atoms with Gasteiger partial charge in [0.25, 0.3) is 5.91 Å². The van der Waals surface area contributed by atoms with Gasteiger partial charge in [0.2, 0.25) is 10.0 Å². The molecule has 1 heterocycles. The second kappa shape index (κ2) is 9.41. The number of hydrogen-bond donors (Lipinski definition) is 0. The van der Waals surface area contributed by atoms with Crippen LogP contribution in [0, 0.1) is 0 Å². The van der Waals surface area contributed by atoms with Crippen LogP contribution >= 0.6 is 0 Å². The summed E-state index contributed by atoms with van der Waals surface area (Å²) >= 11 is 0. The minimum Gasteiger partial charge on any atom is -0.496 e. The highest BCUT2D eigenvalue weighted by Gasteiger charge is 2.27. The van der Waals surface area contributed by atoms with Gasteiger partial charge in [0.05, 0.1) is 17.6 Å². The molecule has 0 radical (unpaired) electrons. The van der Waals surface area contributed by atoms with Crippen LogP contribution in [0.5, 0.6) is 5.75 Å². The lowest BCUT2D eigenvalue weighted by atomic mass is 10.1. The van der Waals surface area contributed by atoms with E-state index < -0.39 is 10.0 Å². The predicted molar refractivity (Wildman–Crippen MR) is 112 cm³/mol. The van der Waals surface area contributed by atoms with Crippen molar-refractivity contribution in [2.24, 2.45) is 0 Å². The molecule has 0 N–H and O–H groups in total. The molecule has 6 nitrogen and oxygen atoms in total. The number of nitrogens with zero attached hydrogens (tertiary/aromatic N) is 2. The SMILES string of the molecule is CCN(Cc1ccccc1)S(=O)(=O)c1ccc(OC)c(C(=O)N2CCCCC2)c1. The summed E-state index contributed by atoms with van der Waals surface area (Å²) in [6, 6.07) is 14.0. The molecular formula is C22H28N2O4S. The number of benzene rings is 2. The van der Waals surface area contributed by atoms with E-state index >= 15 is 0 Å². The maximum atomic E-state index is 13.3. The van der Waals surface area contributed by atoms with Gasteiger partial charge in [-0.05, 0) is 43.0 Å². The van der Waals surface area contributed by atoms with Crippen molar-refractivity contribution >= 4 is 15.9 Å². The topological polar surface area (TPSA) is 66.9 Å². The Bertz CT molecular complexity index is 939. The number of sulfonamides is 1. The summed E-state index contributed by atoms with van der Waals surface area (Å²) in [5, 5.41) is 0. The number of carbonyl (C=O) groups excluding carboxylic acids is 1. The van der Waals surface area contributed by atoms with Crippen LogP contribution in [0.15, 0.2) is 53.4 Å². The smallest absolute Gasteiger partial charge is 0.257 e. The van der Waals surface area contributed by atoms with Gasteiger partial charge in [0.15, 0.2) is 0 Å². The third-order valence-corrected chi connectivity index (χ3v) is 7.15. The van der Waals surface area contributed by atoms with Crippen LogP contribution in [-0.2, 0) is 16.6 Å².